The number of thiophene rings is 1. The van der Waals surface area contributed by atoms with Crippen LogP contribution in [0.15, 0.2) is 17.5 Å². The van der Waals surface area contributed by atoms with Crippen LogP contribution in [-0.2, 0) is 0 Å². The minimum atomic E-state index is -1.54. The summed E-state index contributed by atoms with van der Waals surface area (Å²) in [4.78, 5) is 1.21. The quantitative estimate of drug-likeness (QED) is 0.512. The van der Waals surface area contributed by atoms with Gasteiger partial charge in [0.2, 0.25) is 0 Å². The molecule has 0 aromatic carbocycles. The zero-order valence-electron chi connectivity index (χ0n) is 11.9. The van der Waals surface area contributed by atoms with Gasteiger partial charge in [-0.15, -0.1) is 16.9 Å². The summed E-state index contributed by atoms with van der Waals surface area (Å²) < 4.78 is 0. The summed E-state index contributed by atoms with van der Waals surface area (Å²) >= 11 is 1.75. The Kier molecular flexibility index (Phi) is 5.03. The Morgan fingerprint density at radius 2 is 1.53 bits per heavy atom. The molecule has 0 amide bonds. The molecule has 0 atom stereocenters. The van der Waals surface area contributed by atoms with Crippen molar-refractivity contribution in [1.29, 1.82) is 0 Å². The van der Waals surface area contributed by atoms with Gasteiger partial charge in [0.15, 0.2) is 0 Å². The average molecular weight is 265 g/mol. The van der Waals surface area contributed by atoms with Gasteiger partial charge in [-0.1, -0.05) is 53.5 Å². The topological polar surface area (TPSA) is 0 Å². The van der Waals surface area contributed by atoms with E-state index in [9.17, 15) is 0 Å². The molecule has 0 spiro atoms. The molecule has 1 aromatic rings. The summed E-state index contributed by atoms with van der Waals surface area (Å²) in [6.07, 6.45) is 0. The van der Waals surface area contributed by atoms with Crippen LogP contribution < -0.4 is 0 Å². The fourth-order valence-electron chi connectivity index (χ4n) is 2.95. The summed E-state index contributed by atoms with van der Waals surface area (Å²) in [6.45, 7) is 14.1. The second kappa shape index (κ2) is 5.89. The van der Waals surface area contributed by atoms with E-state index in [0.29, 0.717) is 0 Å². The second-order valence-corrected chi connectivity index (χ2v) is 12.2. The van der Waals surface area contributed by atoms with Gasteiger partial charge in [0.1, 0.15) is 8.07 Å². The largest absolute Gasteiger partial charge is 0.146 e. The molecule has 0 aliphatic carbocycles. The van der Waals surface area contributed by atoms with Gasteiger partial charge in [-0.3, -0.25) is 0 Å². The molecule has 1 heterocycles. The molecule has 94 valence electrons. The Morgan fingerprint density at radius 3 is 1.88 bits per heavy atom. The molecule has 0 N–H and O–H groups in total. The van der Waals surface area contributed by atoms with Gasteiger partial charge in [-0.25, -0.2) is 0 Å². The van der Waals surface area contributed by atoms with Crippen molar-refractivity contribution in [3.63, 3.8) is 0 Å². The van der Waals surface area contributed by atoms with E-state index in [1.165, 1.54) is 4.88 Å². The lowest BCUT2D eigenvalue weighted by molar-refractivity contribution is 0.838. The lowest BCUT2D eigenvalue weighted by atomic mass is 10.5. The van der Waals surface area contributed by atoms with Crippen LogP contribution in [0, 0.1) is 11.5 Å². The maximum atomic E-state index is 3.73. The van der Waals surface area contributed by atoms with Crippen LogP contribution in [0.3, 0.4) is 0 Å². The van der Waals surface area contributed by atoms with Crippen molar-refractivity contribution >= 4 is 19.4 Å². The van der Waals surface area contributed by atoms with E-state index in [1.807, 2.05) is 0 Å². The summed E-state index contributed by atoms with van der Waals surface area (Å²) in [5, 5.41) is 2.10. The van der Waals surface area contributed by atoms with Crippen LogP contribution in [0.4, 0.5) is 0 Å². The van der Waals surface area contributed by atoms with Crippen LogP contribution >= 0.6 is 11.3 Å². The predicted molar refractivity (Wildman–Crippen MR) is 82.2 cm³/mol. The lowest BCUT2D eigenvalue weighted by Crippen LogP contribution is -2.43. The fraction of sp³-hybridized carbons (Fsp3) is 0.600. The third-order valence-corrected chi connectivity index (χ3v) is 10.9. The molecule has 0 bridgehead atoms. The average Bonchev–Trinajstić information content (AvgIpc) is 2.69. The predicted octanol–water partition coefficient (Wildman–Crippen LogP) is 5.32. The smallest absolute Gasteiger partial charge is 0.135 e. The van der Waals surface area contributed by atoms with Crippen LogP contribution in [0.2, 0.25) is 16.6 Å². The molecule has 0 nitrogen and oxygen atoms in total. The minimum absolute atomic E-state index is 0.718. The highest BCUT2D eigenvalue weighted by atomic mass is 32.1. The standard InChI is InChI=1S/C15H24SSi/c1-12(2)17(13(3)4,14(5)6)11-9-15-8-7-10-16-15/h7-8,10,12-14H,1-6H3. The maximum Gasteiger partial charge on any atom is 0.146 e. The molecule has 0 aliphatic heterocycles. The van der Waals surface area contributed by atoms with E-state index < -0.39 is 8.07 Å². The molecule has 1 aromatic heterocycles. The van der Waals surface area contributed by atoms with Crippen molar-refractivity contribution in [3.05, 3.63) is 22.4 Å². The van der Waals surface area contributed by atoms with E-state index in [4.69, 9.17) is 0 Å². The van der Waals surface area contributed by atoms with E-state index >= 15 is 0 Å². The van der Waals surface area contributed by atoms with Crippen LogP contribution in [0.1, 0.15) is 46.4 Å². The number of hydrogen-bond acceptors (Lipinski definition) is 1. The normalized spacial score (nSPS) is 12.1. The Bertz CT molecular complexity index is 369. The van der Waals surface area contributed by atoms with Crippen LogP contribution in [-0.4, -0.2) is 8.07 Å². The Labute approximate surface area is 111 Å². The van der Waals surface area contributed by atoms with Gasteiger partial charge in [0, 0.05) is 0 Å². The fourth-order valence-corrected chi connectivity index (χ4v) is 8.83. The lowest BCUT2D eigenvalue weighted by Gasteiger charge is -2.38. The number of rotatable bonds is 3. The first-order chi connectivity index (χ1) is 7.91. The summed E-state index contributed by atoms with van der Waals surface area (Å²) in [5.41, 5.74) is 5.89. The van der Waals surface area contributed by atoms with Crippen molar-refractivity contribution < 1.29 is 0 Å². The number of hydrogen-bond donors (Lipinski definition) is 0. The van der Waals surface area contributed by atoms with Gasteiger partial charge < -0.3 is 0 Å². The highest BCUT2D eigenvalue weighted by Gasteiger charge is 2.41. The first kappa shape index (κ1) is 14.5. The van der Waals surface area contributed by atoms with Gasteiger partial charge in [0.25, 0.3) is 0 Å². The van der Waals surface area contributed by atoms with Crippen molar-refractivity contribution in [2.75, 3.05) is 0 Å². The Morgan fingerprint density at radius 1 is 1.00 bits per heavy atom. The molecule has 0 aliphatic rings. The minimum Gasteiger partial charge on any atom is -0.135 e. The van der Waals surface area contributed by atoms with Gasteiger partial charge in [0.05, 0.1) is 4.88 Å². The third-order valence-electron chi connectivity index (χ3n) is 3.79. The Balaban J connectivity index is 3.15. The molecule has 0 fully saturated rings. The van der Waals surface area contributed by atoms with Crippen LogP contribution in [0.5, 0.6) is 0 Å². The zero-order valence-corrected chi connectivity index (χ0v) is 13.7. The molecular weight excluding hydrogens is 240 g/mol. The van der Waals surface area contributed by atoms with E-state index in [1.54, 1.807) is 11.3 Å². The monoisotopic (exact) mass is 264 g/mol. The van der Waals surface area contributed by atoms with Crippen molar-refractivity contribution in [3.8, 4) is 11.5 Å². The van der Waals surface area contributed by atoms with E-state index in [0.717, 1.165) is 16.6 Å². The Hall–Kier alpha value is -0.523. The molecule has 2 heteroatoms. The maximum absolute atomic E-state index is 3.73. The van der Waals surface area contributed by atoms with Crippen LogP contribution in [0.25, 0.3) is 0 Å². The summed E-state index contributed by atoms with van der Waals surface area (Å²) in [6, 6.07) is 4.20. The first-order valence-corrected chi connectivity index (χ1v) is 9.59. The van der Waals surface area contributed by atoms with Crippen molar-refractivity contribution in [1.82, 2.24) is 0 Å². The molecule has 0 saturated heterocycles. The molecule has 0 unspecified atom stereocenters. The summed E-state index contributed by atoms with van der Waals surface area (Å²) in [5.74, 6) is 3.44. The highest BCUT2D eigenvalue weighted by Crippen LogP contribution is 2.40. The second-order valence-electron chi connectivity index (χ2n) is 5.62. The molecule has 1 rings (SSSR count). The molecule has 0 saturated carbocycles. The molecular formula is C15H24SSi. The van der Waals surface area contributed by atoms with E-state index in [-0.39, 0.29) is 0 Å². The SMILES string of the molecule is CC(C)[Si](C#Cc1cccs1)(C(C)C)C(C)C. The third kappa shape index (κ3) is 3.03. The summed E-state index contributed by atoms with van der Waals surface area (Å²) in [7, 11) is -1.54. The highest BCUT2D eigenvalue weighted by molar-refractivity contribution is 7.10. The molecule has 0 radical (unpaired) electrons. The van der Waals surface area contributed by atoms with Crippen molar-refractivity contribution in [2.45, 2.75) is 58.2 Å². The van der Waals surface area contributed by atoms with Crippen molar-refractivity contribution in [2.24, 2.45) is 0 Å². The molecule has 17 heavy (non-hydrogen) atoms. The first-order valence-electron chi connectivity index (χ1n) is 6.48. The zero-order chi connectivity index (χ0) is 13.1. The van der Waals surface area contributed by atoms with Gasteiger partial charge >= 0.3 is 0 Å². The van der Waals surface area contributed by atoms with Gasteiger partial charge in [-0.05, 0) is 28.1 Å². The van der Waals surface area contributed by atoms with E-state index in [2.05, 4.69) is 70.5 Å². The van der Waals surface area contributed by atoms with Gasteiger partial charge in [-0.2, -0.15) is 0 Å².